The SMILES string of the molecule is COC(=O)c1c(NC(=O)COC(=O)c2ccc(S(=O)(=O)Nc3ccccc3)cc2)sc2c1CCC2. The summed E-state index contributed by atoms with van der Waals surface area (Å²) in [6.07, 6.45) is 2.52. The molecule has 3 aromatic rings. The third-order valence-electron chi connectivity index (χ3n) is 5.32. The van der Waals surface area contributed by atoms with E-state index in [0.29, 0.717) is 16.3 Å². The highest BCUT2D eigenvalue weighted by molar-refractivity contribution is 7.92. The molecule has 0 spiro atoms. The van der Waals surface area contributed by atoms with Crippen molar-refractivity contribution in [3.05, 3.63) is 76.2 Å². The van der Waals surface area contributed by atoms with Gasteiger partial charge in [0.25, 0.3) is 15.9 Å². The van der Waals surface area contributed by atoms with Gasteiger partial charge < -0.3 is 14.8 Å². The highest BCUT2D eigenvalue weighted by Gasteiger charge is 2.28. The molecule has 1 aromatic heterocycles. The van der Waals surface area contributed by atoms with Gasteiger partial charge in [0.2, 0.25) is 0 Å². The number of nitrogens with one attached hydrogen (secondary N) is 2. The maximum Gasteiger partial charge on any atom is 0.341 e. The normalized spacial score (nSPS) is 12.5. The van der Waals surface area contributed by atoms with Crippen molar-refractivity contribution in [2.75, 3.05) is 23.8 Å². The molecule has 0 saturated carbocycles. The number of para-hydroxylation sites is 1. The van der Waals surface area contributed by atoms with Gasteiger partial charge in [0.15, 0.2) is 6.61 Å². The minimum absolute atomic E-state index is 0.0308. The first-order valence-electron chi connectivity index (χ1n) is 10.7. The van der Waals surface area contributed by atoms with Crippen LogP contribution in [0, 0.1) is 0 Å². The van der Waals surface area contributed by atoms with Crippen LogP contribution in [0.4, 0.5) is 10.7 Å². The van der Waals surface area contributed by atoms with Crippen LogP contribution in [0.1, 0.15) is 37.6 Å². The van der Waals surface area contributed by atoms with Gasteiger partial charge in [-0.1, -0.05) is 18.2 Å². The Hall–Kier alpha value is -3.70. The number of aryl methyl sites for hydroxylation is 1. The molecule has 1 amide bonds. The van der Waals surface area contributed by atoms with Gasteiger partial charge in [-0.15, -0.1) is 11.3 Å². The number of thiophene rings is 1. The van der Waals surface area contributed by atoms with Crippen LogP contribution < -0.4 is 10.0 Å². The first kappa shape index (κ1) is 24.4. The van der Waals surface area contributed by atoms with Gasteiger partial charge >= 0.3 is 11.9 Å². The van der Waals surface area contributed by atoms with Gasteiger partial charge in [0.1, 0.15) is 5.00 Å². The Labute approximate surface area is 206 Å². The molecule has 2 N–H and O–H groups in total. The van der Waals surface area contributed by atoms with E-state index in [1.54, 1.807) is 30.3 Å². The fraction of sp³-hybridized carbons (Fsp3) is 0.208. The number of anilines is 2. The highest BCUT2D eigenvalue weighted by atomic mass is 32.2. The molecule has 11 heteroatoms. The van der Waals surface area contributed by atoms with Crippen molar-refractivity contribution in [1.82, 2.24) is 0 Å². The lowest BCUT2D eigenvalue weighted by Gasteiger charge is -2.09. The molecule has 1 aliphatic carbocycles. The van der Waals surface area contributed by atoms with Crippen LogP contribution in [0.15, 0.2) is 59.5 Å². The van der Waals surface area contributed by atoms with Gasteiger partial charge in [-0.25, -0.2) is 18.0 Å². The van der Waals surface area contributed by atoms with E-state index in [1.807, 2.05) is 0 Å². The van der Waals surface area contributed by atoms with Crippen LogP contribution in [0.25, 0.3) is 0 Å². The number of rotatable bonds is 8. The summed E-state index contributed by atoms with van der Waals surface area (Å²) in [5.41, 5.74) is 1.74. The summed E-state index contributed by atoms with van der Waals surface area (Å²) in [6, 6.07) is 13.6. The summed E-state index contributed by atoms with van der Waals surface area (Å²) in [4.78, 5) is 37.9. The number of carbonyl (C=O) groups is 3. The summed E-state index contributed by atoms with van der Waals surface area (Å²) in [5.74, 6) is -1.91. The number of methoxy groups -OCH3 is 1. The zero-order chi connectivity index (χ0) is 25.0. The fourth-order valence-electron chi connectivity index (χ4n) is 3.68. The van der Waals surface area contributed by atoms with Gasteiger partial charge in [-0.3, -0.25) is 9.52 Å². The molecule has 9 nitrogen and oxygen atoms in total. The Morgan fingerprint density at radius 2 is 1.69 bits per heavy atom. The molecule has 0 unspecified atom stereocenters. The average molecular weight is 515 g/mol. The van der Waals surface area contributed by atoms with E-state index in [0.717, 1.165) is 29.7 Å². The summed E-state index contributed by atoms with van der Waals surface area (Å²) in [7, 11) is -2.55. The first-order chi connectivity index (χ1) is 16.8. The van der Waals surface area contributed by atoms with Crippen LogP contribution in [-0.2, 0) is 37.1 Å². The quantitative estimate of drug-likeness (QED) is 0.440. The zero-order valence-electron chi connectivity index (χ0n) is 18.7. The van der Waals surface area contributed by atoms with Crippen LogP contribution in [0.3, 0.4) is 0 Å². The van der Waals surface area contributed by atoms with E-state index in [-0.39, 0.29) is 10.5 Å². The summed E-state index contributed by atoms with van der Waals surface area (Å²) in [5, 5.41) is 3.01. The number of ether oxygens (including phenoxy) is 2. The van der Waals surface area contributed by atoms with Crippen molar-refractivity contribution >= 4 is 49.9 Å². The van der Waals surface area contributed by atoms with E-state index in [9.17, 15) is 22.8 Å². The number of hydrogen-bond acceptors (Lipinski definition) is 8. The molecule has 0 radical (unpaired) electrons. The topological polar surface area (TPSA) is 128 Å². The number of esters is 2. The number of benzene rings is 2. The Kier molecular flexibility index (Phi) is 7.17. The lowest BCUT2D eigenvalue weighted by Crippen LogP contribution is -2.22. The Morgan fingerprint density at radius 1 is 0.971 bits per heavy atom. The number of amides is 1. The molecular weight excluding hydrogens is 492 g/mol. The van der Waals surface area contributed by atoms with Crippen molar-refractivity contribution in [2.45, 2.75) is 24.2 Å². The minimum Gasteiger partial charge on any atom is -0.465 e. The first-order valence-corrected chi connectivity index (χ1v) is 13.0. The maximum atomic E-state index is 12.5. The highest BCUT2D eigenvalue weighted by Crippen LogP contribution is 2.39. The summed E-state index contributed by atoms with van der Waals surface area (Å²) >= 11 is 1.32. The van der Waals surface area contributed by atoms with Crippen molar-refractivity contribution in [2.24, 2.45) is 0 Å². The monoisotopic (exact) mass is 514 g/mol. The maximum absolute atomic E-state index is 12.5. The smallest absolute Gasteiger partial charge is 0.341 e. The molecule has 0 fully saturated rings. The van der Waals surface area contributed by atoms with E-state index in [2.05, 4.69) is 10.0 Å². The summed E-state index contributed by atoms with van der Waals surface area (Å²) in [6.45, 7) is -0.572. The van der Waals surface area contributed by atoms with Gasteiger partial charge in [-0.2, -0.15) is 0 Å². The summed E-state index contributed by atoms with van der Waals surface area (Å²) < 4.78 is 37.4. The third kappa shape index (κ3) is 5.52. The molecule has 0 atom stereocenters. The molecular formula is C24H22N2O7S2. The minimum atomic E-state index is -3.83. The van der Waals surface area contributed by atoms with Crippen molar-refractivity contribution in [1.29, 1.82) is 0 Å². The molecule has 4 rings (SSSR count). The molecule has 2 aromatic carbocycles. The predicted octanol–water partition coefficient (Wildman–Crippen LogP) is 3.62. The van der Waals surface area contributed by atoms with Crippen LogP contribution in [0.2, 0.25) is 0 Å². The van der Waals surface area contributed by atoms with E-state index in [4.69, 9.17) is 9.47 Å². The van der Waals surface area contributed by atoms with Crippen LogP contribution >= 0.6 is 11.3 Å². The molecule has 35 heavy (non-hydrogen) atoms. The number of carbonyl (C=O) groups excluding carboxylic acids is 3. The second kappa shape index (κ2) is 10.3. The Bertz CT molecular complexity index is 1360. The lowest BCUT2D eigenvalue weighted by atomic mass is 10.1. The fourth-order valence-corrected chi connectivity index (χ4v) is 6.03. The largest absolute Gasteiger partial charge is 0.465 e. The number of hydrogen-bond donors (Lipinski definition) is 2. The average Bonchev–Trinajstić information content (AvgIpc) is 3.43. The predicted molar refractivity (Wildman–Crippen MR) is 130 cm³/mol. The molecule has 1 heterocycles. The Balaban J connectivity index is 1.36. The second-order valence-corrected chi connectivity index (χ2v) is 10.5. The number of fused-ring (bicyclic) bond motifs is 1. The molecule has 1 aliphatic rings. The molecule has 182 valence electrons. The van der Waals surface area contributed by atoms with Gasteiger partial charge in [-0.05, 0) is 61.2 Å². The van der Waals surface area contributed by atoms with Crippen LogP contribution in [0.5, 0.6) is 0 Å². The van der Waals surface area contributed by atoms with E-state index in [1.165, 1.54) is 42.7 Å². The second-order valence-electron chi connectivity index (χ2n) is 7.67. The van der Waals surface area contributed by atoms with Crippen molar-refractivity contribution < 1.29 is 32.3 Å². The van der Waals surface area contributed by atoms with E-state index < -0.39 is 34.5 Å². The molecule has 0 aliphatic heterocycles. The molecule has 0 saturated heterocycles. The van der Waals surface area contributed by atoms with Gasteiger partial charge in [0.05, 0.1) is 23.1 Å². The standard InChI is InChI=1S/C24H22N2O7S2/c1-32-24(29)21-18-8-5-9-19(18)34-22(21)25-20(27)14-33-23(28)15-10-12-17(13-11-15)35(30,31)26-16-6-3-2-4-7-16/h2-4,6-7,10-13,26H,5,8-9,14H2,1H3,(H,25,27). The lowest BCUT2D eigenvalue weighted by molar-refractivity contribution is -0.119. The van der Waals surface area contributed by atoms with Crippen molar-refractivity contribution in [3.63, 3.8) is 0 Å². The van der Waals surface area contributed by atoms with Gasteiger partial charge in [0, 0.05) is 10.6 Å². The number of sulfonamides is 1. The Morgan fingerprint density at radius 3 is 2.37 bits per heavy atom. The van der Waals surface area contributed by atoms with E-state index >= 15 is 0 Å². The van der Waals surface area contributed by atoms with Crippen molar-refractivity contribution in [3.8, 4) is 0 Å². The third-order valence-corrected chi connectivity index (χ3v) is 7.93. The van der Waals surface area contributed by atoms with Crippen LogP contribution in [-0.4, -0.2) is 40.0 Å². The zero-order valence-corrected chi connectivity index (χ0v) is 20.3. The molecule has 0 bridgehead atoms.